The van der Waals surface area contributed by atoms with Crippen molar-refractivity contribution >= 4 is 29.3 Å². The van der Waals surface area contributed by atoms with Crippen LogP contribution in [0, 0.1) is 10.1 Å². The van der Waals surface area contributed by atoms with Gasteiger partial charge in [-0.05, 0) is 38.5 Å². The third-order valence-electron chi connectivity index (χ3n) is 5.46. The van der Waals surface area contributed by atoms with Gasteiger partial charge < -0.3 is 19.9 Å². The zero-order chi connectivity index (χ0) is 27.1. The van der Waals surface area contributed by atoms with Crippen LogP contribution in [0.15, 0.2) is 77.3 Å². The number of nitrogens with zero attached hydrogens (tertiary/aromatic N) is 2. The van der Waals surface area contributed by atoms with E-state index in [9.17, 15) is 24.5 Å². The fourth-order valence-electron chi connectivity index (χ4n) is 4.04. The predicted molar refractivity (Wildman–Crippen MR) is 133 cm³/mol. The standard InChI is InChI=1S/C26H27N3O8/c1-4-35-24(30)20-19(16-11-10-14-18(15-16)29(33)34)21(25(31)36-5-2)23(27)28(17-12-8-7-9-13-17)22(20)26(32)37-6-3/h7-15,19H,4-6,27H2,1-3H3. The molecule has 1 aliphatic heterocycles. The van der Waals surface area contributed by atoms with E-state index in [1.54, 1.807) is 51.1 Å². The molecule has 0 radical (unpaired) electrons. The van der Waals surface area contributed by atoms with Crippen LogP contribution in [0.1, 0.15) is 32.3 Å². The van der Waals surface area contributed by atoms with Gasteiger partial charge in [0.15, 0.2) is 0 Å². The van der Waals surface area contributed by atoms with E-state index in [0.29, 0.717) is 5.69 Å². The number of nitrogens with two attached hydrogens (primary N) is 1. The van der Waals surface area contributed by atoms with Gasteiger partial charge in [-0.3, -0.25) is 15.0 Å². The smallest absolute Gasteiger partial charge is 0.355 e. The van der Waals surface area contributed by atoms with Gasteiger partial charge in [-0.1, -0.05) is 30.3 Å². The van der Waals surface area contributed by atoms with Crippen LogP contribution in [0.5, 0.6) is 0 Å². The van der Waals surface area contributed by atoms with E-state index in [2.05, 4.69) is 0 Å². The summed E-state index contributed by atoms with van der Waals surface area (Å²) in [7, 11) is 0. The Morgan fingerprint density at radius 3 is 2.00 bits per heavy atom. The Kier molecular flexibility index (Phi) is 8.62. The number of ether oxygens (including phenoxy) is 3. The molecule has 2 aromatic carbocycles. The molecule has 0 amide bonds. The average Bonchev–Trinajstić information content (AvgIpc) is 2.88. The zero-order valence-electron chi connectivity index (χ0n) is 20.6. The van der Waals surface area contributed by atoms with Crippen LogP contribution in [-0.4, -0.2) is 42.7 Å². The molecular weight excluding hydrogens is 482 g/mol. The molecule has 0 aromatic heterocycles. The predicted octanol–water partition coefficient (Wildman–Crippen LogP) is 3.31. The van der Waals surface area contributed by atoms with E-state index in [-0.39, 0.29) is 53.7 Å². The van der Waals surface area contributed by atoms with Crippen LogP contribution < -0.4 is 10.6 Å². The van der Waals surface area contributed by atoms with E-state index in [1.165, 1.54) is 29.2 Å². The molecular formula is C26H27N3O8. The second kappa shape index (κ2) is 11.8. The van der Waals surface area contributed by atoms with Gasteiger partial charge in [0, 0.05) is 17.8 Å². The van der Waals surface area contributed by atoms with Crippen LogP contribution in [0.25, 0.3) is 0 Å². The molecule has 0 spiro atoms. The highest BCUT2D eigenvalue weighted by Gasteiger charge is 2.46. The molecule has 0 aliphatic carbocycles. The van der Waals surface area contributed by atoms with Crippen molar-refractivity contribution in [2.24, 2.45) is 5.73 Å². The summed E-state index contributed by atoms with van der Waals surface area (Å²) < 4.78 is 15.8. The number of benzene rings is 2. The summed E-state index contributed by atoms with van der Waals surface area (Å²) in [5.74, 6) is -4.19. The van der Waals surface area contributed by atoms with Gasteiger partial charge in [0.25, 0.3) is 5.69 Å². The molecule has 1 unspecified atom stereocenters. The van der Waals surface area contributed by atoms with E-state index in [4.69, 9.17) is 19.9 Å². The van der Waals surface area contributed by atoms with Crippen LogP contribution in [0.2, 0.25) is 0 Å². The van der Waals surface area contributed by atoms with E-state index >= 15 is 0 Å². The Hall–Kier alpha value is -4.67. The third-order valence-corrected chi connectivity index (χ3v) is 5.46. The summed E-state index contributed by atoms with van der Waals surface area (Å²) in [5.41, 5.74) is 6.08. The van der Waals surface area contributed by atoms with Crippen LogP contribution in [-0.2, 0) is 28.6 Å². The lowest BCUT2D eigenvalue weighted by Crippen LogP contribution is -2.43. The van der Waals surface area contributed by atoms with E-state index in [1.807, 2.05) is 0 Å². The van der Waals surface area contributed by atoms with Crippen molar-refractivity contribution in [2.75, 3.05) is 24.7 Å². The number of esters is 3. The fraction of sp³-hybridized carbons (Fsp3) is 0.269. The minimum atomic E-state index is -1.32. The minimum absolute atomic E-state index is 0.00814. The molecule has 0 fully saturated rings. The molecule has 11 nitrogen and oxygen atoms in total. The molecule has 2 aromatic rings. The van der Waals surface area contributed by atoms with Crippen LogP contribution in [0.4, 0.5) is 11.4 Å². The largest absolute Gasteiger partial charge is 0.463 e. The number of anilines is 1. The number of rotatable bonds is 9. The first-order chi connectivity index (χ1) is 17.8. The summed E-state index contributed by atoms with van der Waals surface area (Å²) in [6.07, 6.45) is 0. The number of hydrogen-bond acceptors (Lipinski definition) is 10. The normalized spacial score (nSPS) is 15.3. The van der Waals surface area contributed by atoms with Crippen molar-refractivity contribution in [1.82, 2.24) is 0 Å². The number of carbonyl (C=O) groups is 3. The molecule has 1 aliphatic rings. The highest BCUT2D eigenvalue weighted by Crippen LogP contribution is 2.44. The fourth-order valence-corrected chi connectivity index (χ4v) is 4.04. The van der Waals surface area contributed by atoms with E-state index in [0.717, 1.165) is 0 Å². The van der Waals surface area contributed by atoms with Crippen molar-refractivity contribution in [2.45, 2.75) is 26.7 Å². The molecule has 2 N–H and O–H groups in total. The molecule has 0 bridgehead atoms. The SMILES string of the molecule is CCOC(=O)C1=C(N)N(c2ccccc2)C(C(=O)OCC)=C(C(=O)OCC)C1c1cccc([N+](=O)[O-])c1. The topological polar surface area (TPSA) is 151 Å². The summed E-state index contributed by atoms with van der Waals surface area (Å²) in [6.45, 7) is 4.71. The summed E-state index contributed by atoms with van der Waals surface area (Å²) >= 11 is 0. The van der Waals surface area contributed by atoms with Gasteiger partial charge in [0.1, 0.15) is 11.5 Å². The molecule has 1 heterocycles. The first-order valence-corrected chi connectivity index (χ1v) is 11.6. The second-order valence-electron chi connectivity index (χ2n) is 7.68. The first-order valence-electron chi connectivity index (χ1n) is 11.6. The van der Waals surface area contributed by atoms with Gasteiger partial charge in [0.05, 0.1) is 41.8 Å². The van der Waals surface area contributed by atoms with Crippen molar-refractivity contribution in [3.8, 4) is 0 Å². The molecule has 37 heavy (non-hydrogen) atoms. The highest BCUT2D eigenvalue weighted by molar-refractivity contribution is 6.09. The molecule has 3 rings (SSSR count). The van der Waals surface area contributed by atoms with E-state index < -0.39 is 28.7 Å². The zero-order valence-corrected chi connectivity index (χ0v) is 20.6. The molecule has 194 valence electrons. The Morgan fingerprint density at radius 1 is 0.865 bits per heavy atom. The maximum absolute atomic E-state index is 13.5. The Morgan fingerprint density at radius 2 is 1.43 bits per heavy atom. The van der Waals surface area contributed by atoms with Crippen molar-refractivity contribution in [3.63, 3.8) is 0 Å². The van der Waals surface area contributed by atoms with Crippen LogP contribution >= 0.6 is 0 Å². The summed E-state index contributed by atoms with van der Waals surface area (Å²) in [4.78, 5) is 52.3. The first kappa shape index (κ1) is 26.9. The number of non-ortho nitro benzene ring substituents is 1. The van der Waals surface area contributed by atoms with Gasteiger partial charge in [-0.25, -0.2) is 14.4 Å². The number of carbonyl (C=O) groups excluding carboxylic acids is 3. The second-order valence-corrected chi connectivity index (χ2v) is 7.68. The number of nitro groups is 1. The maximum Gasteiger partial charge on any atom is 0.355 e. The van der Waals surface area contributed by atoms with Crippen molar-refractivity contribution in [3.05, 3.63) is 92.9 Å². The van der Waals surface area contributed by atoms with Crippen LogP contribution in [0.3, 0.4) is 0 Å². The quantitative estimate of drug-likeness (QED) is 0.231. The Labute approximate surface area is 213 Å². The Bertz CT molecular complexity index is 1270. The van der Waals surface area contributed by atoms with Gasteiger partial charge >= 0.3 is 17.9 Å². The minimum Gasteiger partial charge on any atom is -0.463 e. The molecule has 1 atom stereocenters. The lowest BCUT2D eigenvalue weighted by molar-refractivity contribution is -0.384. The third kappa shape index (κ3) is 5.45. The molecule has 0 saturated carbocycles. The lowest BCUT2D eigenvalue weighted by Gasteiger charge is -2.37. The van der Waals surface area contributed by atoms with Gasteiger partial charge in [-0.2, -0.15) is 0 Å². The van der Waals surface area contributed by atoms with Gasteiger partial charge in [-0.15, -0.1) is 0 Å². The maximum atomic E-state index is 13.5. The average molecular weight is 510 g/mol. The highest BCUT2D eigenvalue weighted by atomic mass is 16.6. The van der Waals surface area contributed by atoms with Crippen molar-refractivity contribution < 1.29 is 33.5 Å². The number of nitro benzene ring substituents is 1. The Balaban J connectivity index is 2.47. The molecule has 0 saturated heterocycles. The summed E-state index contributed by atoms with van der Waals surface area (Å²) in [5, 5.41) is 11.5. The number of hydrogen-bond donors (Lipinski definition) is 1. The number of para-hydroxylation sites is 1. The molecule has 11 heteroatoms. The van der Waals surface area contributed by atoms with Crippen molar-refractivity contribution in [1.29, 1.82) is 0 Å². The monoisotopic (exact) mass is 509 g/mol. The van der Waals surface area contributed by atoms with Gasteiger partial charge in [0.2, 0.25) is 0 Å². The summed E-state index contributed by atoms with van der Waals surface area (Å²) in [6, 6.07) is 13.7. The lowest BCUT2D eigenvalue weighted by atomic mass is 9.80.